The summed E-state index contributed by atoms with van der Waals surface area (Å²) in [5.41, 5.74) is 0.527. The van der Waals surface area contributed by atoms with E-state index in [4.69, 9.17) is 0 Å². The first-order valence-electron chi connectivity index (χ1n) is 7.35. The first-order valence-corrected chi connectivity index (χ1v) is 9.24. The number of nitro benzene ring substituents is 1. The van der Waals surface area contributed by atoms with Crippen LogP contribution in [0.1, 0.15) is 33.1 Å². The van der Waals surface area contributed by atoms with Gasteiger partial charge < -0.3 is 5.32 Å². The lowest BCUT2D eigenvalue weighted by Crippen LogP contribution is -2.17. The van der Waals surface area contributed by atoms with Crippen LogP contribution in [0.15, 0.2) is 23.1 Å². The number of hydrogen-bond acceptors (Lipinski definition) is 5. The quantitative estimate of drug-likeness (QED) is 0.613. The number of rotatable bonds is 7. The van der Waals surface area contributed by atoms with Crippen LogP contribution < -0.4 is 5.32 Å². The van der Waals surface area contributed by atoms with Gasteiger partial charge in [0, 0.05) is 24.6 Å². The first-order chi connectivity index (χ1) is 10.1. The summed E-state index contributed by atoms with van der Waals surface area (Å²) in [6, 6.07) is 4.18. The molecular weight excluding hydrogens is 304 g/mol. The molecule has 1 aliphatic carbocycles. The molecule has 0 bridgehead atoms. The lowest BCUT2D eigenvalue weighted by molar-refractivity contribution is -0.387. The summed E-state index contributed by atoms with van der Waals surface area (Å²) in [6.45, 7) is 5.15. The molecule has 2 rings (SSSR count). The van der Waals surface area contributed by atoms with Crippen molar-refractivity contribution in [3.8, 4) is 0 Å². The molecule has 122 valence electrons. The second-order valence-corrected chi connectivity index (χ2v) is 8.65. The van der Waals surface area contributed by atoms with Gasteiger partial charge in [0.1, 0.15) is 4.90 Å². The van der Waals surface area contributed by atoms with Crippen molar-refractivity contribution in [2.45, 2.75) is 38.0 Å². The third-order valence-corrected chi connectivity index (χ3v) is 5.15. The van der Waals surface area contributed by atoms with Gasteiger partial charge in [-0.3, -0.25) is 10.1 Å². The topological polar surface area (TPSA) is 89.3 Å². The van der Waals surface area contributed by atoms with Crippen molar-refractivity contribution >= 4 is 21.2 Å². The van der Waals surface area contributed by atoms with Crippen molar-refractivity contribution in [1.82, 2.24) is 0 Å². The Balaban J connectivity index is 2.18. The van der Waals surface area contributed by atoms with Gasteiger partial charge in [0.2, 0.25) is 0 Å². The van der Waals surface area contributed by atoms with Crippen molar-refractivity contribution in [2.75, 3.05) is 18.1 Å². The second-order valence-electron chi connectivity index (χ2n) is 6.66. The highest BCUT2D eigenvalue weighted by Gasteiger charge is 2.42. The highest BCUT2D eigenvalue weighted by Crippen LogP contribution is 2.50. The zero-order valence-electron chi connectivity index (χ0n) is 13.1. The number of sulfone groups is 1. The number of nitrogens with one attached hydrogen (secondary N) is 1. The Morgan fingerprint density at radius 2 is 2.00 bits per heavy atom. The van der Waals surface area contributed by atoms with E-state index in [1.54, 1.807) is 6.07 Å². The van der Waals surface area contributed by atoms with E-state index in [-0.39, 0.29) is 10.6 Å². The normalized spacial score (nSPS) is 16.5. The van der Waals surface area contributed by atoms with Gasteiger partial charge in [-0.2, -0.15) is 0 Å². The third-order valence-electron chi connectivity index (χ3n) is 4.02. The SMILES string of the molecule is CC(C)CC1(CNc2ccc([N+](=O)[O-])c(S(C)(=O)=O)c2)CC1. The average molecular weight is 326 g/mol. The van der Waals surface area contributed by atoms with Crippen molar-refractivity contribution in [2.24, 2.45) is 11.3 Å². The van der Waals surface area contributed by atoms with E-state index in [9.17, 15) is 18.5 Å². The molecule has 0 atom stereocenters. The van der Waals surface area contributed by atoms with Gasteiger partial charge in [0.25, 0.3) is 5.69 Å². The second kappa shape index (κ2) is 5.87. The van der Waals surface area contributed by atoms with Crippen molar-refractivity contribution in [3.63, 3.8) is 0 Å². The molecule has 1 aromatic rings. The van der Waals surface area contributed by atoms with E-state index in [1.165, 1.54) is 25.0 Å². The van der Waals surface area contributed by atoms with Gasteiger partial charge in [0.05, 0.1) is 4.92 Å². The predicted octanol–water partition coefficient (Wildman–Crippen LogP) is 3.24. The molecule has 1 fully saturated rings. The molecule has 6 nitrogen and oxygen atoms in total. The molecule has 1 N–H and O–H groups in total. The summed E-state index contributed by atoms with van der Waals surface area (Å²) in [5.74, 6) is 0.618. The Labute approximate surface area is 131 Å². The highest BCUT2D eigenvalue weighted by molar-refractivity contribution is 7.90. The van der Waals surface area contributed by atoms with Crippen molar-refractivity contribution in [3.05, 3.63) is 28.3 Å². The third kappa shape index (κ3) is 3.97. The van der Waals surface area contributed by atoms with Gasteiger partial charge in [0.15, 0.2) is 9.84 Å². The van der Waals surface area contributed by atoms with Crippen LogP contribution in [0.5, 0.6) is 0 Å². The molecule has 0 radical (unpaired) electrons. The molecule has 1 saturated carbocycles. The number of nitro groups is 1. The van der Waals surface area contributed by atoms with E-state index < -0.39 is 14.8 Å². The monoisotopic (exact) mass is 326 g/mol. The van der Waals surface area contributed by atoms with Crippen LogP contribution >= 0.6 is 0 Å². The minimum Gasteiger partial charge on any atom is -0.384 e. The Morgan fingerprint density at radius 1 is 1.36 bits per heavy atom. The molecule has 1 aliphatic rings. The van der Waals surface area contributed by atoms with Crippen molar-refractivity contribution < 1.29 is 13.3 Å². The van der Waals surface area contributed by atoms with E-state index in [0.717, 1.165) is 19.2 Å². The van der Waals surface area contributed by atoms with E-state index in [0.29, 0.717) is 17.0 Å². The summed E-state index contributed by atoms with van der Waals surface area (Å²) in [5, 5.41) is 14.2. The van der Waals surface area contributed by atoms with E-state index in [2.05, 4.69) is 19.2 Å². The smallest absolute Gasteiger partial charge is 0.288 e. The predicted molar refractivity (Wildman–Crippen MR) is 85.8 cm³/mol. The van der Waals surface area contributed by atoms with Crippen LogP contribution in [0.2, 0.25) is 0 Å². The van der Waals surface area contributed by atoms with E-state index in [1.807, 2.05) is 0 Å². The fraction of sp³-hybridized carbons (Fsp3) is 0.600. The van der Waals surface area contributed by atoms with Crippen molar-refractivity contribution in [1.29, 1.82) is 0 Å². The Hall–Kier alpha value is -1.63. The maximum absolute atomic E-state index is 11.7. The van der Waals surface area contributed by atoms with Crippen LogP contribution in [-0.2, 0) is 9.84 Å². The number of anilines is 1. The molecule has 22 heavy (non-hydrogen) atoms. The van der Waals surface area contributed by atoms with Gasteiger partial charge in [-0.05, 0) is 42.7 Å². The molecule has 0 aromatic heterocycles. The molecule has 0 spiro atoms. The van der Waals surface area contributed by atoms with Gasteiger partial charge in [-0.15, -0.1) is 0 Å². The minimum absolute atomic E-state index is 0.240. The molecule has 0 saturated heterocycles. The summed E-state index contributed by atoms with van der Waals surface area (Å²) in [7, 11) is -3.64. The van der Waals surface area contributed by atoms with Gasteiger partial charge in [-0.1, -0.05) is 13.8 Å². The Bertz CT molecular complexity index is 679. The molecule has 1 aromatic carbocycles. The van der Waals surface area contributed by atoms with Crippen LogP contribution in [0, 0.1) is 21.4 Å². The molecule has 0 amide bonds. The molecule has 0 heterocycles. The zero-order valence-corrected chi connectivity index (χ0v) is 13.9. The maximum Gasteiger partial charge on any atom is 0.288 e. The van der Waals surface area contributed by atoms with Gasteiger partial charge >= 0.3 is 0 Å². The molecule has 0 unspecified atom stereocenters. The minimum atomic E-state index is -3.64. The van der Waals surface area contributed by atoms with Crippen LogP contribution in [0.3, 0.4) is 0 Å². The maximum atomic E-state index is 11.7. The standard InChI is InChI=1S/C15H22N2O4S/c1-11(2)9-15(6-7-15)10-16-12-4-5-13(17(18)19)14(8-12)22(3,20)21/h4-5,8,11,16H,6-7,9-10H2,1-3H3. The summed E-state index contributed by atoms with van der Waals surface area (Å²) in [4.78, 5) is 10.0. The van der Waals surface area contributed by atoms with E-state index >= 15 is 0 Å². The zero-order chi connectivity index (χ0) is 16.5. The largest absolute Gasteiger partial charge is 0.384 e. The lowest BCUT2D eigenvalue weighted by Gasteiger charge is -2.19. The van der Waals surface area contributed by atoms with Crippen LogP contribution in [0.25, 0.3) is 0 Å². The number of nitrogens with zero attached hydrogens (tertiary/aromatic N) is 1. The summed E-state index contributed by atoms with van der Waals surface area (Å²) in [6.07, 6.45) is 4.46. The fourth-order valence-corrected chi connectivity index (χ4v) is 3.72. The average Bonchev–Trinajstić information content (AvgIpc) is 3.14. The molecule has 0 aliphatic heterocycles. The summed E-state index contributed by atoms with van der Waals surface area (Å²) < 4.78 is 23.5. The Morgan fingerprint density at radius 3 is 2.45 bits per heavy atom. The Kier molecular flexibility index (Phi) is 4.47. The fourth-order valence-electron chi connectivity index (χ4n) is 2.86. The summed E-state index contributed by atoms with van der Waals surface area (Å²) >= 11 is 0. The molecular formula is C15H22N2O4S. The first kappa shape index (κ1) is 16.7. The highest BCUT2D eigenvalue weighted by atomic mass is 32.2. The van der Waals surface area contributed by atoms with Crippen LogP contribution in [0.4, 0.5) is 11.4 Å². The number of benzene rings is 1. The number of hydrogen-bond donors (Lipinski definition) is 1. The lowest BCUT2D eigenvalue weighted by atomic mass is 9.94. The van der Waals surface area contributed by atoms with Crippen LogP contribution in [-0.4, -0.2) is 26.1 Å². The molecule has 7 heteroatoms. The van der Waals surface area contributed by atoms with Gasteiger partial charge in [-0.25, -0.2) is 8.42 Å².